The minimum absolute atomic E-state index is 0.0249. The zero-order valence-corrected chi connectivity index (χ0v) is 17.5. The van der Waals surface area contributed by atoms with Crippen LogP contribution in [-0.2, 0) is 4.79 Å². The van der Waals surface area contributed by atoms with E-state index in [1.165, 1.54) is 6.20 Å². The van der Waals surface area contributed by atoms with Gasteiger partial charge in [-0.3, -0.25) is 9.59 Å². The van der Waals surface area contributed by atoms with E-state index in [2.05, 4.69) is 10.3 Å². The van der Waals surface area contributed by atoms with Crippen molar-refractivity contribution in [1.82, 2.24) is 10.3 Å². The fraction of sp³-hybridized carbons (Fsp3) is 0.476. The van der Waals surface area contributed by atoms with Gasteiger partial charge >= 0.3 is 6.18 Å². The second-order valence-electron chi connectivity index (χ2n) is 8.05. The molecule has 3 rings (SSSR count). The number of benzene rings is 1. The third kappa shape index (κ3) is 5.39. The molecule has 2 amide bonds. The van der Waals surface area contributed by atoms with Crippen LogP contribution in [0.15, 0.2) is 24.4 Å². The average molecular weight is 455 g/mol. The monoisotopic (exact) mass is 455 g/mol. The van der Waals surface area contributed by atoms with Crippen LogP contribution in [0.25, 0.3) is 10.8 Å². The van der Waals surface area contributed by atoms with Gasteiger partial charge in [0.05, 0.1) is 24.7 Å². The minimum atomic E-state index is -4.66. The summed E-state index contributed by atoms with van der Waals surface area (Å²) in [4.78, 5) is 27.8. The minimum Gasteiger partial charge on any atom is -0.490 e. The number of hydrogen-bond donors (Lipinski definition) is 3. The molecule has 11 heteroatoms. The van der Waals surface area contributed by atoms with Crippen molar-refractivity contribution < 1.29 is 37.3 Å². The number of fused-ring (bicyclic) bond motifs is 1. The summed E-state index contributed by atoms with van der Waals surface area (Å²) in [6.07, 6.45) is -5.21. The highest BCUT2D eigenvalue weighted by Crippen LogP contribution is 2.35. The first kappa shape index (κ1) is 23.6. The summed E-state index contributed by atoms with van der Waals surface area (Å²) < 4.78 is 49.3. The third-order valence-corrected chi connectivity index (χ3v) is 5.00. The Bertz CT molecular complexity index is 1030. The molecule has 1 aromatic carbocycles. The Morgan fingerprint density at radius 1 is 1.41 bits per heavy atom. The molecule has 4 N–H and O–H groups in total. The number of halogens is 3. The number of nitrogens with one attached hydrogen (secondary N) is 1. The molecular formula is C21H24F3N3O5. The van der Waals surface area contributed by atoms with Crippen LogP contribution in [0, 0.1) is 0 Å². The van der Waals surface area contributed by atoms with Gasteiger partial charge in [-0.1, -0.05) is 0 Å². The van der Waals surface area contributed by atoms with E-state index in [0.29, 0.717) is 10.8 Å². The van der Waals surface area contributed by atoms with E-state index in [0.717, 1.165) is 0 Å². The molecule has 2 aromatic rings. The number of nitrogens with zero attached hydrogens (tertiary/aromatic N) is 1. The second-order valence-corrected chi connectivity index (χ2v) is 8.05. The molecule has 1 aromatic heterocycles. The maximum Gasteiger partial charge on any atom is 0.392 e. The van der Waals surface area contributed by atoms with Crippen molar-refractivity contribution >= 4 is 22.6 Å². The highest BCUT2D eigenvalue weighted by molar-refractivity contribution is 6.01. The number of aliphatic hydroxyl groups is 1. The van der Waals surface area contributed by atoms with Crippen molar-refractivity contribution in [2.75, 3.05) is 6.61 Å². The molecule has 32 heavy (non-hydrogen) atoms. The molecule has 8 nitrogen and oxygen atoms in total. The maximum absolute atomic E-state index is 12.7. The number of nitrogens with two attached hydrogens (primary N) is 1. The number of carbonyl (C=O) groups excluding carboxylic acids is 2. The smallest absolute Gasteiger partial charge is 0.392 e. The van der Waals surface area contributed by atoms with E-state index in [1.807, 2.05) is 0 Å². The van der Waals surface area contributed by atoms with E-state index in [4.69, 9.17) is 15.2 Å². The molecule has 1 saturated heterocycles. The molecule has 1 aliphatic rings. The topological polar surface area (TPSA) is 124 Å². The first-order valence-corrected chi connectivity index (χ1v) is 10.00. The van der Waals surface area contributed by atoms with Gasteiger partial charge in [-0.2, -0.15) is 13.2 Å². The molecule has 0 saturated carbocycles. The quantitative estimate of drug-likeness (QED) is 0.562. The highest BCUT2D eigenvalue weighted by atomic mass is 19.4. The molecule has 0 aliphatic carbocycles. The van der Waals surface area contributed by atoms with Crippen molar-refractivity contribution in [2.45, 2.75) is 57.0 Å². The molecule has 0 unspecified atom stereocenters. The lowest BCUT2D eigenvalue weighted by Crippen LogP contribution is -2.41. The summed E-state index contributed by atoms with van der Waals surface area (Å²) in [7, 11) is 0. The molecule has 174 valence electrons. The Morgan fingerprint density at radius 2 is 2.12 bits per heavy atom. The van der Waals surface area contributed by atoms with Gasteiger partial charge in [0.25, 0.3) is 11.8 Å². The summed E-state index contributed by atoms with van der Waals surface area (Å²) >= 11 is 0. The largest absolute Gasteiger partial charge is 0.490 e. The lowest BCUT2D eigenvalue weighted by Gasteiger charge is -2.20. The van der Waals surface area contributed by atoms with Gasteiger partial charge in [-0.25, -0.2) is 4.98 Å². The number of rotatable bonds is 8. The van der Waals surface area contributed by atoms with Gasteiger partial charge in [0.15, 0.2) is 5.60 Å². The van der Waals surface area contributed by atoms with Gasteiger partial charge in [0, 0.05) is 30.5 Å². The van der Waals surface area contributed by atoms with Gasteiger partial charge < -0.3 is 25.6 Å². The first-order valence-electron chi connectivity index (χ1n) is 10.00. The Hall–Kier alpha value is -3.08. The standard InChI is InChI=1S/C21H24F3N3O5/c1-11(2)32-16-8-14-12(7-15(16)17(25)28)3-5-26-18(14)31-6-4-13-9-20(30,19(29)27-13)10-21(22,23)24/h3,5,7-8,11,13,30H,4,6,9-10H2,1-2H3,(H2,25,28)(H,27,29)/t13-,20-/m1/s1. The Morgan fingerprint density at radius 3 is 2.75 bits per heavy atom. The van der Waals surface area contributed by atoms with E-state index in [-0.39, 0.29) is 42.7 Å². The number of alkyl halides is 3. The summed E-state index contributed by atoms with van der Waals surface area (Å²) in [5, 5.41) is 13.6. The molecule has 0 bridgehead atoms. The van der Waals surface area contributed by atoms with E-state index in [1.54, 1.807) is 32.0 Å². The molecule has 1 aliphatic heterocycles. The number of amides is 2. The lowest BCUT2D eigenvalue weighted by atomic mass is 9.94. The highest BCUT2D eigenvalue weighted by Gasteiger charge is 2.51. The molecule has 1 fully saturated rings. The number of ether oxygens (including phenoxy) is 2. The van der Waals surface area contributed by atoms with Crippen LogP contribution in [0.5, 0.6) is 11.6 Å². The van der Waals surface area contributed by atoms with E-state index < -0.39 is 36.1 Å². The number of pyridine rings is 1. The van der Waals surface area contributed by atoms with E-state index >= 15 is 0 Å². The maximum atomic E-state index is 12.7. The zero-order valence-electron chi connectivity index (χ0n) is 17.5. The van der Waals surface area contributed by atoms with Crippen molar-refractivity contribution in [3.8, 4) is 11.6 Å². The fourth-order valence-corrected chi connectivity index (χ4v) is 3.66. The van der Waals surface area contributed by atoms with Crippen molar-refractivity contribution in [3.63, 3.8) is 0 Å². The normalized spacial score (nSPS) is 21.1. The SMILES string of the molecule is CC(C)Oc1cc2c(OCC[C@@H]3C[C@@](O)(CC(F)(F)F)C(=O)N3)nccc2cc1C(N)=O. The molecular weight excluding hydrogens is 431 g/mol. The van der Waals surface area contributed by atoms with E-state index in [9.17, 15) is 27.9 Å². The third-order valence-electron chi connectivity index (χ3n) is 5.00. The Labute approximate surface area is 181 Å². The molecule has 2 atom stereocenters. The van der Waals surface area contributed by atoms with Crippen LogP contribution in [0.1, 0.15) is 43.5 Å². The van der Waals surface area contributed by atoms with Crippen LogP contribution in [0.4, 0.5) is 13.2 Å². The van der Waals surface area contributed by atoms with Crippen LogP contribution in [0.3, 0.4) is 0 Å². The molecule has 0 radical (unpaired) electrons. The lowest BCUT2D eigenvalue weighted by molar-refractivity contribution is -0.180. The van der Waals surface area contributed by atoms with Crippen molar-refractivity contribution in [2.24, 2.45) is 5.73 Å². The fourth-order valence-electron chi connectivity index (χ4n) is 3.66. The zero-order chi connectivity index (χ0) is 23.7. The average Bonchev–Trinajstić information content (AvgIpc) is 2.92. The number of carbonyl (C=O) groups is 2. The number of hydrogen-bond acceptors (Lipinski definition) is 6. The van der Waals surface area contributed by atoms with Crippen molar-refractivity contribution in [3.05, 3.63) is 30.0 Å². The second kappa shape index (κ2) is 8.81. The summed E-state index contributed by atoms with van der Waals surface area (Å²) in [6.45, 7) is 3.62. The summed E-state index contributed by atoms with van der Waals surface area (Å²) in [5.41, 5.74) is 3.18. The summed E-state index contributed by atoms with van der Waals surface area (Å²) in [5.74, 6) is -1.19. The van der Waals surface area contributed by atoms with Gasteiger partial charge in [-0.05, 0) is 37.4 Å². The predicted molar refractivity (Wildman–Crippen MR) is 108 cm³/mol. The predicted octanol–water partition coefficient (Wildman–Crippen LogP) is 2.46. The van der Waals surface area contributed by atoms with Gasteiger partial charge in [0.1, 0.15) is 5.75 Å². The number of aromatic nitrogens is 1. The van der Waals surface area contributed by atoms with Crippen LogP contribution < -0.4 is 20.5 Å². The first-order chi connectivity index (χ1) is 14.9. The van der Waals surface area contributed by atoms with Gasteiger partial charge in [0.2, 0.25) is 5.88 Å². The number of primary amides is 1. The van der Waals surface area contributed by atoms with Crippen LogP contribution in [0.2, 0.25) is 0 Å². The Kier molecular flexibility index (Phi) is 6.49. The Balaban J connectivity index is 1.73. The van der Waals surface area contributed by atoms with Crippen LogP contribution in [-0.4, -0.2) is 52.4 Å². The summed E-state index contributed by atoms with van der Waals surface area (Å²) in [6, 6.07) is 4.16. The van der Waals surface area contributed by atoms with Crippen molar-refractivity contribution in [1.29, 1.82) is 0 Å². The molecule has 2 heterocycles. The van der Waals surface area contributed by atoms with Crippen LogP contribution >= 0.6 is 0 Å². The van der Waals surface area contributed by atoms with Gasteiger partial charge in [-0.15, -0.1) is 0 Å². The molecule has 0 spiro atoms.